The number of amides is 1. The van der Waals surface area contributed by atoms with Gasteiger partial charge in [0.2, 0.25) is 5.88 Å². The number of fused-ring (bicyclic) bond motifs is 3. The van der Waals surface area contributed by atoms with E-state index in [-0.39, 0.29) is 5.91 Å². The molecule has 1 aliphatic carbocycles. The minimum Gasteiger partial charge on any atom is -0.480 e. The second kappa shape index (κ2) is 6.41. The van der Waals surface area contributed by atoms with E-state index in [9.17, 15) is 4.79 Å². The number of pyridine rings is 1. The molecule has 0 bridgehead atoms. The van der Waals surface area contributed by atoms with E-state index in [0.29, 0.717) is 17.3 Å². The van der Waals surface area contributed by atoms with Crippen molar-refractivity contribution in [2.45, 2.75) is 19.4 Å². The van der Waals surface area contributed by atoms with E-state index < -0.39 is 0 Å². The summed E-state index contributed by atoms with van der Waals surface area (Å²) < 4.78 is 9.60. The summed E-state index contributed by atoms with van der Waals surface area (Å²) in [7, 11) is 3.49. The highest BCUT2D eigenvalue weighted by molar-refractivity contribution is 6.12. The molecule has 1 aliphatic rings. The number of aryl methyl sites for hydroxylation is 1. The standard InChI is InChI=1S/C22H22N4O2/c1-25-19(21(27)24-16-7-5-11-23-22(16)28-2)12-18-20(25)15-6-3-4-8-17(15)26(18)13-14-9-10-14/h3-8,11-12,14H,9-10,13H2,1-2H3,(H,24,27). The number of nitrogens with zero attached hydrogens (tertiary/aromatic N) is 3. The Balaban J connectivity index is 1.60. The van der Waals surface area contributed by atoms with E-state index in [1.165, 1.54) is 23.7 Å². The van der Waals surface area contributed by atoms with Crippen LogP contribution in [0.15, 0.2) is 48.7 Å². The first-order valence-corrected chi connectivity index (χ1v) is 9.54. The van der Waals surface area contributed by atoms with Crippen LogP contribution < -0.4 is 10.1 Å². The molecule has 28 heavy (non-hydrogen) atoms. The van der Waals surface area contributed by atoms with Crippen molar-refractivity contribution in [1.29, 1.82) is 0 Å². The van der Waals surface area contributed by atoms with Gasteiger partial charge >= 0.3 is 0 Å². The SMILES string of the molecule is COc1ncccc1NC(=O)c1cc2c(c3ccccc3n2CC2CC2)n1C. The maximum Gasteiger partial charge on any atom is 0.272 e. The number of methoxy groups -OCH3 is 1. The van der Waals surface area contributed by atoms with Gasteiger partial charge in [0.25, 0.3) is 5.91 Å². The quantitative estimate of drug-likeness (QED) is 0.569. The van der Waals surface area contributed by atoms with Crippen molar-refractivity contribution in [3.8, 4) is 5.88 Å². The van der Waals surface area contributed by atoms with Crippen LogP contribution in [0.4, 0.5) is 5.69 Å². The van der Waals surface area contributed by atoms with Crippen LogP contribution in [0.25, 0.3) is 21.9 Å². The summed E-state index contributed by atoms with van der Waals surface area (Å²) in [5, 5.41) is 4.11. The van der Waals surface area contributed by atoms with Crippen LogP contribution in [0.2, 0.25) is 0 Å². The van der Waals surface area contributed by atoms with Crippen LogP contribution in [-0.4, -0.2) is 27.1 Å². The number of nitrogens with one attached hydrogen (secondary N) is 1. The van der Waals surface area contributed by atoms with Gasteiger partial charge in [-0.1, -0.05) is 18.2 Å². The second-order valence-corrected chi connectivity index (χ2v) is 7.41. The molecular weight excluding hydrogens is 352 g/mol. The first kappa shape index (κ1) is 16.9. The summed E-state index contributed by atoms with van der Waals surface area (Å²) >= 11 is 0. The number of para-hydroxylation sites is 1. The third-order valence-corrected chi connectivity index (χ3v) is 5.54. The summed E-state index contributed by atoms with van der Waals surface area (Å²) in [4.78, 5) is 17.2. The van der Waals surface area contributed by atoms with E-state index in [1.54, 1.807) is 25.4 Å². The average Bonchev–Trinajstić information content (AvgIpc) is 3.40. The molecule has 6 heteroatoms. The molecule has 1 amide bonds. The van der Waals surface area contributed by atoms with Gasteiger partial charge in [0.1, 0.15) is 11.4 Å². The molecule has 0 aliphatic heterocycles. The topological polar surface area (TPSA) is 61.1 Å². The van der Waals surface area contributed by atoms with Gasteiger partial charge in [-0.2, -0.15) is 0 Å². The Hall–Kier alpha value is -3.28. The molecule has 4 aromatic rings. The zero-order chi connectivity index (χ0) is 19.3. The molecule has 0 atom stereocenters. The Morgan fingerprint density at radius 2 is 2.04 bits per heavy atom. The Labute approximate surface area is 162 Å². The van der Waals surface area contributed by atoms with Crippen molar-refractivity contribution >= 4 is 33.5 Å². The van der Waals surface area contributed by atoms with Crippen molar-refractivity contribution in [1.82, 2.24) is 14.1 Å². The van der Waals surface area contributed by atoms with Gasteiger partial charge in [-0.3, -0.25) is 4.79 Å². The monoisotopic (exact) mass is 374 g/mol. The van der Waals surface area contributed by atoms with Crippen molar-refractivity contribution in [2.24, 2.45) is 13.0 Å². The van der Waals surface area contributed by atoms with Crippen LogP contribution in [0, 0.1) is 5.92 Å². The van der Waals surface area contributed by atoms with Gasteiger partial charge in [-0.15, -0.1) is 0 Å². The predicted octanol–water partition coefficient (Wildman–Crippen LogP) is 4.20. The zero-order valence-electron chi connectivity index (χ0n) is 16.0. The molecular formula is C22H22N4O2. The lowest BCUT2D eigenvalue weighted by molar-refractivity contribution is 0.101. The minimum absolute atomic E-state index is 0.174. The Kier molecular flexibility index (Phi) is 3.86. The molecule has 1 N–H and O–H groups in total. The van der Waals surface area contributed by atoms with Gasteiger partial charge in [0.15, 0.2) is 0 Å². The van der Waals surface area contributed by atoms with Gasteiger partial charge in [-0.25, -0.2) is 4.98 Å². The fraction of sp³-hybridized carbons (Fsp3) is 0.273. The van der Waals surface area contributed by atoms with Gasteiger partial charge in [-0.05, 0) is 43.0 Å². The molecule has 6 nitrogen and oxygen atoms in total. The number of ether oxygens (including phenoxy) is 1. The van der Waals surface area contributed by atoms with Crippen molar-refractivity contribution < 1.29 is 9.53 Å². The number of carbonyl (C=O) groups is 1. The number of hydrogen-bond donors (Lipinski definition) is 1. The molecule has 1 saturated carbocycles. The number of hydrogen-bond acceptors (Lipinski definition) is 3. The normalized spacial score (nSPS) is 13.9. The highest BCUT2D eigenvalue weighted by Crippen LogP contribution is 2.37. The smallest absolute Gasteiger partial charge is 0.272 e. The lowest BCUT2D eigenvalue weighted by atomic mass is 10.2. The molecule has 142 valence electrons. The van der Waals surface area contributed by atoms with E-state index in [0.717, 1.165) is 23.5 Å². The summed E-state index contributed by atoms with van der Waals surface area (Å²) in [6, 6.07) is 14.0. The lowest BCUT2D eigenvalue weighted by Crippen LogP contribution is -2.16. The van der Waals surface area contributed by atoms with Crippen LogP contribution in [0.3, 0.4) is 0 Å². The Morgan fingerprint density at radius 1 is 1.21 bits per heavy atom. The number of benzene rings is 1. The highest BCUT2D eigenvalue weighted by Gasteiger charge is 2.26. The van der Waals surface area contributed by atoms with Gasteiger partial charge in [0, 0.05) is 25.2 Å². The van der Waals surface area contributed by atoms with Gasteiger partial charge in [0.05, 0.1) is 23.7 Å². The lowest BCUT2D eigenvalue weighted by Gasteiger charge is -2.09. The Bertz CT molecular complexity index is 1200. The fourth-order valence-corrected chi connectivity index (χ4v) is 3.96. The number of carbonyl (C=O) groups excluding carboxylic acids is 1. The van der Waals surface area contributed by atoms with Gasteiger partial charge < -0.3 is 19.2 Å². The molecule has 1 aromatic carbocycles. The van der Waals surface area contributed by atoms with E-state index in [1.807, 2.05) is 17.7 Å². The summed E-state index contributed by atoms with van der Waals surface area (Å²) in [6.45, 7) is 1.01. The molecule has 0 spiro atoms. The van der Waals surface area contributed by atoms with Crippen molar-refractivity contribution in [3.63, 3.8) is 0 Å². The third-order valence-electron chi connectivity index (χ3n) is 5.54. The van der Waals surface area contributed by atoms with Crippen LogP contribution >= 0.6 is 0 Å². The van der Waals surface area contributed by atoms with E-state index in [2.05, 4.69) is 39.1 Å². The summed E-state index contributed by atoms with van der Waals surface area (Å²) in [5.74, 6) is 0.974. The molecule has 1 fully saturated rings. The van der Waals surface area contributed by atoms with E-state index >= 15 is 0 Å². The molecule has 0 saturated heterocycles. The molecule has 3 heterocycles. The zero-order valence-corrected chi connectivity index (χ0v) is 16.0. The highest BCUT2D eigenvalue weighted by atomic mass is 16.5. The maximum atomic E-state index is 13.0. The largest absolute Gasteiger partial charge is 0.480 e. The van der Waals surface area contributed by atoms with Crippen molar-refractivity contribution in [2.75, 3.05) is 12.4 Å². The number of anilines is 1. The molecule has 5 rings (SSSR count). The maximum absolute atomic E-state index is 13.0. The Morgan fingerprint density at radius 3 is 2.82 bits per heavy atom. The van der Waals surface area contributed by atoms with E-state index in [4.69, 9.17) is 4.74 Å². The second-order valence-electron chi connectivity index (χ2n) is 7.41. The fourth-order valence-electron chi connectivity index (χ4n) is 3.96. The number of aromatic nitrogens is 3. The van der Waals surface area contributed by atoms with Crippen LogP contribution in [0.1, 0.15) is 23.3 Å². The first-order chi connectivity index (χ1) is 13.7. The average molecular weight is 374 g/mol. The predicted molar refractivity (Wildman–Crippen MR) is 110 cm³/mol. The summed E-state index contributed by atoms with van der Waals surface area (Å²) in [5.41, 5.74) is 4.62. The minimum atomic E-state index is -0.174. The third kappa shape index (κ3) is 2.64. The first-order valence-electron chi connectivity index (χ1n) is 9.54. The van der Waals surface area contributed by atoms with Crippen molar-refractivity contribution in [3.05, 3.63) is 54.4 Å². The molecule has 0 radical (unpaired) electrons. The summed E-state index contributed by atoms with van der Waals surface area (Å²) in [6.07, 6.45) is 4.21. The van der Waals surface area contributed by atoms with Crippen LogP contribution in [0.5, 0.6) is 5.88 Å². The number of rotatable bonds is 5. The van der Waals surface area contributed by atoms with Crippen LogP contribution in [-0.2, 0) is 13.6 Å². The molecule has 3 aromatic heterocycles. The molecule has 0 unspecified atom stereocenters.